The zero-order valence-corrected chi connectivity index (χ0v) is 15.7. The van der Waals surface area contributed by atoms with E-state index in [1.807, 2.05) is 6.07 Å². The Balaban J connectivity index is 1.66. The highest BCUT2D eigenvalue weighted by atomic mass is 16.5. The average molecular weight is 348 g/mol. The zero-order chi connectivity index (χ0) is 17.5. The molecule has 1 saturated heterocycles. The van der Waals surface area contributed by atoms with Crippen molar-refractivity contribution in [3.05, 3.63) is 23.8 Å². The van der Waals surface area contributed by atoms with Gasteiger partial charge in [-0.15, -0.1) is 0 Å². The van der Waals surface area contributed by atoms with E-state index in [0.717, 1.165) is 50.9 Å². The summed E-state index contributed by atoms with van der Waals surface area (Å²) in [6, 6.07) is 6.20. The number of hydrogen-bond acceptors (Lipinski definition) is 5. The van der Waals surface area contributed by atoms with Crippen molar-refractivity contribution in [2.45, 2.75) is 44.2 Å². The van der Waals surface area contributed by atoms with Crippen LogP contribution in [0, 0.1) is 0 Å². The molecule has 0 spiro atoms. The molecule has 5 nitrogen and oxygen atoms in total. The quantitative estimate of drug-likeness (QED) is 0.821. The van der Waals surface area contributed by atoms with Gasteiger partial charge in [0.15, 0.2) is 11.5 Å². The Kier molecular flexibility index (Phi) is 6.57. The lowest BCUT2D eigenvalue weighted by Crippen LogP contribution is -2.56. The van der Waals surface area contributed by atoms with Crippen LogP contribution in [0.5, 0.6) is 11.5 Å². The first-order valence-electron chi connectivity index (χ1n) is 9.51. The Morgan fingerprint density at radius 1 is 1.04 bits per heavy atom. The summed E-state index contributed by atoms with van der Waals surface area (Å²) in [5.41, 5.74) is 1.47. The average Bonchev–Trinajstić information content (AvgIpc) is 2.67. The molecule has 2 aliphatic rings. The van der Waals surface area contributed by atoms with E-state index in [0.29, 0.717) is 0 Å². The van der Waals surface area contributed by atoms with Crippen LogP contribution >= 0.6 is 0 Å². The lowest BCUT2D eigenvalue weighted by Gasteiger charge is -2.43. The van der Waals surface area contributed by atoms with Gasteiger partial charge in [-0.1, -0.05) is 25.3 Å². The highest BCUT2D eigenvalue weighted by Gasteiger charge is 2.33. The van der Waals surface area contributed by atoms with Crippen LogP contribution in [0.15, 0.2) is 18.2 Å². The fourth-order valence-electron chi connectivity index (χ4n) is 4.09. The molecule has 1 heterocycles. The van der Waals surface area contributed by atoms with Crippen molar-refractivity contribution in [3.63, 3.8) is 0 Å². The predicted octanol–water partition coefficient (Wildman–Crippen LogP) is 2.83. The molecule has 25 heavy (non-hydrogen) atoms. The van der Waals surface area contributed by atoms with Crippen LogP contribution in [-0.4, -0.2) is 57.5 Å². The molecule has 140 valence electrons. The van der Waals surface area contributed by atoms with E-state index in [1.54, 1.807) is 14.2 Å². The van der Waals surface area contributed by atoms with Gasteiger partial charge in [0.25, 0.3) is 0 Å². The second kappa shape index (κ2) is 8.88. The van der Waals surface area contributed by atoms with E-state index in [4.69, 9.17) is 14.2 Å². The third-order valence-electron chi connectivity index (χ3n) is 5.56. The van der Waals surface area contributed by atoms with E-state index in [-0.39, 0.29) is 5.54 Å². The van der Waals surface area contributed by atoms with Crippen molar-refractivity contribution in [3.8, 4) is 11.5 Å². The largest absolute Gasteiger partial charge is 0.493 e. The Morgan fingerprint density at radius 2 is 1.76 bits per heavy atom. The summed E-state index contributed by atoms with van der Waals surface area (Å²) in [6.45, 7) is 5.84. The van der Waals surface area contributed by atoms with Gasteiger partial charge in [-0.25, -0.2) is 0 Å². The van der Waals surface area contributed by atoms with Crippen LogP contribution in [-0.2, 0) is 11.3 Å². The number of morpholine rings is 1. The van der Waals surface area contributed by atoms with Crippen LogP contribution in [0.1, 0.15) is 37.7 Å². The van der Waals surface area contributed by atoms with Gasteiger partial charge in [-0.2, -0.15) is 0 Å². The summed E-state index contributed by atoms with van der Waals surface area (Å²) in [6.07, 6.45) is 6.53. The molecule has 5 heteroatoms. The van der Waals surface area contributed by atoms with Gasteiger partial charge in [0.1, 0.15) is 0 Å². The minimum Gasteiger partial charge on any atom is -0.493 e. The molecule has 0 atom stereocenters. The number of ether oxygens (including phenoxy) is 3. The lowest BCUT2D eigenvalue weighted by atomic mass is 9.81. The van der Waals surface area contributed by atoms with Gasteiger partial charge >= 0.3 is 0 Å². The first-order valence-corrected chi connectivity index (χ1v) is 9.51. The highest BCUT2D eigenvalue weighted by molar-refractivity contribution is 5.42. The van der Waals surface area contributed by atoms with Gasteiger partial charge in [-0.3, -0.25) is 4.90 Å². The van der Waals surface area contributed by atoms with Crippen LogP contribution < -0.4 is 14.8 Å². The molecule has 0 unspecified atom stereocenters. The van der Waals surface area contributed by atoms with Crippen LogP contribution in [0.3, 0.4) is 0 Å². The summed E-state index contributed by atoms with van der Waals surface area (Å²) in [7, 11) is 3.37. The number of hydrogen-bond donors (Lipinski definition) is 1. The smallest absolute Gasteiger partial charge is 0.161 e. The minimum absolute atomic E-state index is 0.225. The molecule has 2 fully saturated rings. The van der Waals surface area contributed by atoms with Gasteiger partial charge in [-0.05, 0) is 30.5 Å². The molecule has 3 rings (SSSR count). The number of benzene rings is 1. The van der Waals surface area contributed by atoms with Crippen molar-refractivity contribution >= 4 is 0 Å². The second-order valence-electron chi connectivity index (χ2n) is 7.27. The van der Waals surface area contributed by atoms with Gasteiger partial charge in [0, 0.05) is 31.7 Å². The first-order chi connectivity index (χ1) is 12.2. The summed E-state index contributed by atoms with van der Waals surface area (Å²) >= 11 is 0. The molecule has 1 aliphatic carbocycles. The lowest BCUT2D eigenvalue weighted by molar-refractivity contribution is 0.0177. The van der Waals surface area contributed by atoms with Gasteiger partial charge < -0.3 is 19.5 Å². The van der Waals surface area contributed by atoms with Crippen LogP contribution in [0.25, 0.3) is 0 Å². The van der Waals surface area contributed by atoms with Gasteiger partial charge in [0.05, 0.1) is 27.4 Å². The highest BCUT2D eigenvalue weighted by Crippen LogP contribution is 2.31. The Hall–Kier alpha value is -1.30. The predicted molar refractivity (Wildman–Crippen MR) is 99.5 cm³/mol. The number of rotatable bonds is 7. The maximum Gasteiger partial charge on any atom is 0.161 e. The molecule has 1 aliphatic heterocycles. The van der Waals surface area contributed by atoms with E-state index < -0.39 is 0 Å². The molecule has 1 saturated carbocycles. The summed E-state index contributed by atoms with van der Waals surface area (Å²) < 4.78 is 16.3. The molecular formula is C20H32N2O3. The van der Waals surface area contributed by atoms with Crippen LogP contribution in [0.4, 0.5) is 0 Å². The van der Waals surface area contributed by atoms with E-state index >= 15 is 0 Å². The molecule has 1 N–H and O–H groups in total. The Morgan fingerprint density at radius 3 is 2.44 bits per heavy atom. The standard InChI is InChI=1S/C20H32N2O3/c1-23-18-7-6-17(14-19(18)24-2)15-21-20(8-4-3-5-9-20)16-22-10-12-25-13-11-22/h6-7,14,21H,3-5,8-13,15-16H2,1-2H3. The maximum absolute atomic E-state index is 5.51. The van der Waals surface area contributed by atoms with Crippen molar-refractivity contribution in [2.75, 3.05) is 47.1 Å². The third kappa shape index (κ3) is 4.87. The SMILES string of the molecule is COc1ccc(CNC2(CN3CCOCC3)CCCCC2)cc1OC. The molecule has 0 bridgehead atoms. The molecule has 0 amide bonds. The Bertz CT molecular complexity index is 538. The van der Waals surface area contributed by atoms with Crippen molar-refractivity contribution in [2.24, 2.45) is 0 Å². The van der Waals surface area contributed by atoms with E-state index in [1.165, 1.54) is 37.7 Å². The number of methoxy groups -OCH3 is 2. The molecule has 1 aromatic rings. The maximum atomic E-state index is 5.51. The second-order valence-corrected chi connectivity index (χ2v) is 7.27. The van der Waals surface area contributed by atoms with Crippen molar-refractivity contribution in [1.82, 2.24) is 10.2 Å². The topological polar surface area (TPSA) is 43.0 Å². The third-order valence-corrected chi connectivity index (χ3v) is 5.56. The minimum atomic E-state index is 0.225. The van der Waals surface area contributed by atoms with E-state index in [9.17, 15) is 0 Å². The fourth-order valence-corrected chi connectivity index (χ4v) is 4.09. The Labute approximate surface area is 151 Å². The molecule has 1 aromatic carbocycles. The molecule has 0 radical (unpaired) electrons. The first kappa shape index (κ1) is 18.5. The van der Waals surface area contributed by atoms with Crippen molar-refractivity contribution < 1.29 is 14.2 Å². The van der Waals surface area contributed by atoms with E-state index in [2.05, 4.69) is 22.3 Å². The monoisotopic (exact) mass is 348 g/mol. The summed E-state index contributed by atoms with van der Waals surface area (Å²) in [5.74, 6) is 1.58. The van der Waals surface area contributed by atoms with Gasteiger partial charge in [0.2, 0.25) is 0 Å². The van der Waals surface area contributed by atoms with Crippen molar-refractivity contribution in [1.29, 1.82) is 0 Å². The number of nitrogens with one attached hydrogen (secondary N) is 1. The fraction of sp³-hybridized carbons (Fsp3) is 0.700. The zero-order valence-electron chi connectivity index (χ0n) is 15.7. The number of nitrogens with zero attached hydrogens (tertiary/aromatic N) is 1. The van der Waals surface area contributed by atoms with Crippen LogP contribution in [0.2, 0.25) is 0 Å². The summed E-state index contributed by atoms with van der Waals surface area (Å²) in [4.78, 5) is 2.57. The normalized spacial score (nSPS) is 21.0. The summed E-state index contributed by atoms with van der Waals surface area (Å²) in [5, 5.41) is 3.91. The molecule has 0 aromatic heterocycles. The molecular weight excluding hydrogens is 316 g/mol.